The molecule has 0 aromatic carbocycles. The first kappa shape index (κ1) is 12.6. The minimum atomic E-state index is -0.788. The molecule has 0 radical (unpaired) electrons. The second-order valence-electron chi connectivity index (χ2n) is 4.30. The third kappa shape index (κ3) is 6.76. The average molecular weight is 186 g/mol. The van der Waals surface area contributed by atoms with Gasteiger partial charge >= 0.3 is 0 Å². The van der Waals surface area contributed by atoms with Crippen LogP contribution in [0.4, 0.5) is 0 Å². The molecule has 2 nitrogen and oxygen atoms in total. The summed E-state index contributed by atoms with van der Waals surface area (Å²) in [5.74, 6) is 0.656. The van der Waals surface area contributed by atoms with Gasteiger partial charge in [0.1, 0.15) is 6.29 Å². The number of hydrogen-bond acceptors (Lipinski definition) is 2. The fourth-order valence-electron chi connectivity index (χ4n) is 1.48. The van der Waals surface area contributed by atoms with Gasteiger partial charge in [0.15, 0.2) is 0 Å². The van der Waals surface area contributed by atoms with Gasteiger partial charge in [-0.05, 0) is 25.7 Å². The van der Waals surface area contributed by atoms with Crippen LogP contribution in [0.15, 0.2) is 0 Å². The van der Waals surface area contributed by atoms with Gasteiger partial charge in [-0.15, -0.1) is 0 Å². The lowest BCUT2D eigenvalue weighted by Crippen LogP contribution is -2.25. The molecule has 0 spiro atoms. The topological polar surface area (TPSA) is 37.3 Å². The van der Waals surface area contributed by atoms with E-state index in [1.807, 2.05) is 0 Å². The lowest BCUT2D eigenvalue weighted by Gasteiger charge is -2.22. The Balaban J connectivity index is 3.66. The molecule has 0 fully saturated rings. The van der Waals surface area contributed by atoms with Crippen molar-refractivity contribution in [2.24, 2.45) is 5.92 Å². The summed E-state index contributed by atoms with van der Waals surface area (Å²) in [4.78, 5) is 10.2. The number of carbonyl (C=O) groups excluding carboxylic acids is 1. The molecule has 0 aliphatic carbocycles. The van der Waals surface area contributed by atoms with Gasteiger partial charge < -0.3 is 9.90 Å². The first-order chi connectivity index (χ1) is 6.02. The van der Waals surface area contributed by atoms with Gasteiger partial charge in [-0.1, -0.05) is 26.7 Å². The molecule has 0 amide bonds. The van der Waals surface area contributed by atoms with Crippen LogP contribution in [-0.2, 0) is 4.79 Å². The lowest BCUT2D eigenvalue weighted by molar-refractivity contribution is -0.112. The van der Waals surface area contributed by atoms with E-state index in [4.69, 9.17) is 0 Å². The second-order valence-corrected chi connectivity index (χ2v) is 4.30. The van der Waals surface area contributed by atoms with Crippen LogP contribution in [-0.4, -0.2) is 17.0 Å². The average Bonchev–Trinajstić information content (AvgIpc) is 2.02. The van der Waals surface area contributed by atoms with Crippen molar-refractivity contribution < 1.29 is 9.90 Å². The summed E-state index contributed by atoms with van der Waals surface area (Å²) in [5.41, 5.74) is -0.788. The summed E-state index contributed by atoms with van der Waals surface area (Å²) in [6, 6.07) is 0. The molecule has 13 heavy (non-hydrogen) atoms. The Morgan fingerprint density at radius 2 is 2.08 bits per heavy atom. The molecule has 0 aromatic heterocycles. The number of carbonyl (C=O) groups is 1. The molecule has 0 aromatic rings. The zero-order valence-electron chi connectivity index (χ0n) is 9.05. The number of aliphatic hydroxyl groups is 1. The van der Waals surface area contributed by atoms with Crippen LogP contribution >= 0.6 is 0 Å². The van der Waals surface area contributed by atoms with E-state index in [2.05, 4.69) is 13.8 Å². The summed E-state index contributed by atoms with van der Waals surface area (Å²) in [6.07, 6.45) is 5.19. The van der Waals surface area contributed by atoms with Crippen LogP contribution in [0.5, 0.6) is 0 Å². The Hall–Kier alpha value is -0.370. The Morgan fingerprint density at radius 3 is 2.54 bits per heavy atom. The molecule has 0 saturated heterocycles. The normalized spacial score (nSPS) is 17.8. The minimum absolute atomic E-state index is 0.256. The largest absolute Gasteiger partial charge is 0.390 e. The fourth-order valence-corrected chi connectivity index (χ4v) is 1.48. The van der Waals surface area contributed by atoms with E-state index in [1.165, 1.54) is 12.8 Å². The first-order valence-corrected chi connectivity index (χ1v) is 5.18. The summed E-state index contributed by atoms with van der Waals surface area (Å²) in [7, 11) is 0. The number of aldehydes is 1. The smallest absolute Gasteiger partial charge is 0.122 e. The van der Waals surface area contributed by atoms with Gasteiger partial charge in [-0.2, -0.15) is 0 Å². The maximum Gasteiger partial charge on any atom is 0.122 e. The minimum Gasteiger partial charge on any atom is -0.390 e. The van der Waals surface area contributed by atoms with Crippen LogP contribution in [0.1, 0.15) is 52.9 Å². The molecule has 0 heterocycles. The Morgan fingerprint density at radius 1 is 1.46 bits per heavy atom. The molecule has 0 aliphatic heterocycles. The van der Waals surface area contributed by atoms with Gasteiger partial charge in [-0.25, -0.2) is 0 Å². The third-order valence-electron chi connectivity index (χ3n) is 2.48. The van der Waals surface area contributed by atoms with E-state index in [9.17, 15) is 9.90 Å². The second kappa shape index (κ2) is 6.14. The number of rotatable bonds is 7. The van der Waals surface area contributed by atoms with Crippen LogP contribution < -0.4 is 0 Å². The Kier molecular flexibility index (Phi) is 5.97. The van der Waals surface area contributed by atoms with Crippen LogP contribution in [0.2, 0.25) is 0 Å². The van der Waals surface area contributed by atoms with Crippen molar-refractivity contribution >= 4 is 6.29 Å². The van der Waals surface area contributed by atoms with E-state index in [-0.39, 0.29) is 6.42 Å². The SMILES string of the molecule is CCCC(C)CCC(C)(O)CC=O. The van der Waals surface area contributed by atoms with Gasteiger partial charge in [-0.3, -0.25) is 0 Å². The quantitative estimate of drug-likeness (QED) is 0.620. The molecular formula is C11H22O2. The van der Waals surface area contributed by atoms with Crippen molar-refractivity contribution in [1.29, 1.82) is 0 Å². The maximum absolute atomic E-state index is 10.2. The summed E-state index contributed by atoms with van der Waals surface area (Å²) in [6.45, 7) is 6.10. The molecule has 2 atom stereocenters. The zero-order valence-corrected chi connectivity index (χ0v) is 9.05. The van der Waals surface area contributed by atoms with Crippen molar-refractivity contribution in [3.8, 4) is 0 Å². The van der Waals surface area contributed by atoms with E-state index in [0.29, 0.717) is 5.92 Å². The van der Waals surface area contributed by atoms with Gasteiger partial charge in [0, 0.05) is 6.42 Å². The van der Waals surface area contributed by atoms with E-state index >= 15 is 0 Å². The van der Waals surface area contributed by atoms with Crippen molar-refractivity contribution in [1.82, 2.24) is 0 Å². The van der Waals surface area contributed by atoms with E-state index in [0.717, 1.165) is 19.1 Å². The molecule has 2 heteroatoms. The van der Waals surface area contributed by atoms with E-state index < -0.39 is 5.60 Å². The highest BCUT2D eigenvalue weighted by molar-refractivity contribution is 5.51. The fraction of sp³-hybridized carbons (Fsp3) is 0.909. The van der Waals surface area contributed by atoms with Gasteiger partial charge in [0.2, 0.25) is 0 Å². The highest BCUT2D eigenvalue weighted by Gasteiger charge is 2.20. The van der Waals surface area contributed by atoms with Crippen molar-refractivity contribution in [3.63, 3.8) is 0 Å². The molecule has 0 bridgehead atoms. The highest BCUT2D eigenvalue weighted by Crippen LogP contribution is 2.21. The lowest BCUT2D eigenvalue weighted by atomic mass is 9.90. The van der Waals surface area contributed by atoms with Crippen molar-refractivity contribution in [2.75, 3.05) is 0 Å². The molecule has 0 saturated carbocycles. The van der Waals surface area contributed by atoms with Crippen LogP contribution in [0, 0.1) is 5.92 Å². The first-order valence-electron chi connectivity index (χ1n) is 5.18. The summed E-state index contributed by atoms with van der Waals surface area (Å²) < 4.78 is 0. The summed E-state index contributed by atoms with van der Waals surface area (Å²) in [5, 5.41) is 9.70. The zero-order chi connectivity index (χ0) is 10.3. The van der Waals surface area contributed by atoms with Gasteiger partial charge in [0.05, 0.1) is 5.60 Å². The molecule has 1 N–H and O–H groups in total. The van der Waals surface area contributed by atoms with Gasteiger partial charge in [0.25, 0.3) is 0 Å². The molecule has 2 unspecified atom stereocenters. The predicted molar refractivity (Wildman–Crippen MR) is 54.6 cm³/mol. The van der Waals surface area contributed by atoms with Crippen molar-refractivity contribution in [3.05, 3.63) is 0 Å². The summed E-state index contributed by atoms with van der Waals surface area (Å²) >= 11 is 0. The van der Waals surface area contributed by atoms with E-state index in [1.54, 1.807) is 6.92 Å². The Labute approximate surface area is 81.3 Å². The van der Waals surface area contributed by atoms with Crippen LogP contribution in [0.3, 0.4) is 0 Å². The number of hydrogen-bond donors (Lipinski definition) is 1. The Bertz CT molecular complexity index is 141. The third-order valence-corrected chi connectivity index (χ3v) is 2.48. The molecule has 0 rings (SSSR count). The molecule has 78 valence electrons. The molecular weight excluding hydrogens is 164 g/mol. The predicted octanol–water partition coefficient (Wildman–Crippen LogP) is 2.54. The van der Waals surface area contributed by atoms with Crippen LogP contribution in [0.25, 0.3) is 0 Å². The molecule has 0 aliphatic rings. The monoisotopic (exact) mass is 186 g/mol. The van der Waals surface area contributed by atoms with Crippen molar-refractivity contribution in [2.45, 2.75) is 58.5 Å². The maximum atomic E-state index is 10.2. The standard InChI is InChI=1S/C11H22O2/c1-4-5-10(2)6-7-11(3,13)8-9-12/h9-10,13H,4-8H2,1-3H3. The highest BCUT2D eigenvalue weighted by atomic mass is 16.3.